The first-order valence-corrected chi connectivity index (χ1v) is 12.3. The van der Waals surface area contributed by atoms with E-state index in [-0.39, 0.29) is 18.0 Å². The average Bonchev–Trinajstić information content (AvgIpc) is 3.38. The third kappa shape index (κ3) is 5.24. The highest BCUT2D eigenvalue weighted by atomic mass is 79.9. The summed E-state index contributed by atoms with van der Waals surface area (Å²) in [6, 6.07) is 8.60. The Bertz CT molecular complexity index is 1410. The Balaban J connectivity index is 1.73. The number of aromatic nitrogens is 5. The van der Waals surface area contributed by atoms with Crippen molar-refractivity contribution in [2.45, 2.75) is 33.0 Å². The molecule has 0 saturated carbocycles. The fraction of sp³-hybridized carbons (Fsp3) is 0.227. The zero-order chi connectivity index (χ0) is 25.3. The summed E-state index contributed by atoms with van der Waals surface area (Å²) in [6.07, 6.45) is 0.635. The van der Waals surface area contributed by atoms with Crippen molar-refractivity contribution < 1.29 is 14.1 Å². The predicted molar refractivity (Wildman–Crippen MR) is 135 cm³/mol. The van der Waals surface area contributed by atoms with Crippen molar-refractivity contribution in [1.29, 1.82) is 0 Å². The molecule has 0 spiro atoms. The van der Waals surface area contributed by atoms with Crippen LogP contribution in [0.5, 0.6) is 5.75 Å². The fourth-order valence-electron chi connectivity index (χ4n) is 3.59. The van der Waals surface area contributed by atoms with Gasteiger partial charge >= 0.3 is 5.69 Å². The third-order valence-electron chi connectivity index (χ3n) is 5.27. The van der Waals surface area contributed by atoms with E-state index in [1.807, 2.05) is 6.92 Å². The molecule has 0 fully saturated rings. The molecule has 4 aromatic rings. The molecule has 0 amide bonds. The maximum atomic E-state index is 14.3. The van der Waals surface area contributed by atoms with Crippen molar-refractivity contribution in [3.8, 4) is 17.1 Å². The van der Waals surface area contributed by atoms with E-state index in [2.05, 4.69) is 47.0 Å². The Morgan fingerprint density at radius 3 is 2.69 bits per heavy atom. The van der Waals surface area contributed by atoms with Crippen LogP contribution < -0.4 is 4.74 Å². The summed E-state index contributed by atoms with van der Waals surface area (Å²) in [5.41, 5.74) is 1.53. The Hall–Kier alpha value is -2.83. The molecular formula is C22H18Br2ClFN6O3. The van der Waals surface area contributed by atoms with Crippen LogP contribution in [0.4, 0.5) is 10.1 Å². The van der Waals surface area contributed by atoms with Gasteiger partial charge in [0, 0.05) is 39.8 Å². The van der Waals surface area contributed by atoms with Gasteiger partial charge in [0.25, 0.3) is 0 Å². The lowest BCUT2D eigenvalue weighted by molar-refractivity contribution is -0.386. The first-order chi connectivity index (χ1) is 16.7. The number of nitrogens with zero attached hydrogens (tertiary/aromatic N) is 6. The molecule has 9 nitrogen and oxygen atoms in total. The molecule has 0 saturated heterocycles. The van der Waals surface area contributed by atoms with Crippen LogP contribution in [0, 0.1) is 15.9 Å². The van der Waals surface area contributed by atoms with Gasteiger partial charge in [-0.25, -0.2) is 14.1 Å². The van der Waals surface area contributed by atoms with Crippen LogP contribution in [0.2, 0.25) is 5.15 Å². The highest BCUT2D eigenvalue weighted by molar-refractivity contribution is 9.10. The lowest BCUT2D eigenvalue weighted by Gasteiger charge is -2.19. The molecule has 4 rings (SSSR count). The van der Waals surface area contributed by atoms with Crippen LogP contribution in [0.15, 0.2) is 51.8 Å². The number of benzene rings is 2. The fourth-order valence-corrected chi connectivity index (χ4v) is 4.93. The van der Waals surface area contributed by atoms with Crippen molar-refractivity contribution in [2.75, 3.05) is 0 Å². The second-order valence-electron chi connectivity index (χ2n) is 7.48. The minimum atomic E-state index is -0.753. The van der Waals surface area contributed by atoms with Crippen molar-refractivity contribution in [3.63, 3.8) is 0 Å². The van der Waals surface area contributed by atoms with Gasteiger partial charge < -0.3 is 4.74 Å². The zero-order valence-corrected chi connectivity index (χ0v) is 22.4. The van der Waals surface area contributed by atoms with Gasteiger partial charge in [-0.05, 0) is 54.0 Å². The van der Waals surface area contributed by atoms with E-state index >= 15 is 0 Å². The summed E-state index contributed by atoms with van der Waals surface area (Å²) in [6.45, 7) is 4.52. The summed E-state index contributed by atoms with van der Waals surface area (Å²) in [7, 11) is 0. The van der Waals surface area contributed by atoms with Gasteiger partial charge in [0.1, 0.15) is 22.9 Å². The summed E-state index contributed by atoms with van der Waals surface area (Å²) in [4.78, 5) is 15.3. The maximum Gasteiger partial charge on any atom is 0.311 e. The molecule has 0 aliphatic rings. The maximum absolute atomic E-state index is 14.3. The van der Waals surface area contributed by atoms with Gasteiger partial charge in [0.2, 0.25) is 0 Å². The predicted octanol–water partition coefficient (Wildman–Crippen LogP) is 6.58. The molecule has 1 atom stereocenters. The summed E-state index contributed by atoms with van der Waals surface area (Å²) in [5, 5.41) is 20.4. The Morgan fingerprint density at radius 1 is 1.23 bits per heavy atom. The molecular weight excluding hydrogens is 611 g/mol. The first-order valence-electron chi connectivity index (χ1n) is 10.4. The molecule has 1 unspecified atom stereocenters. The smallest absolute Gasteiger partial charge is 0.311 e. The number of nitro groups is 1. The molecule has 182 valence electrons. The summed E-state index contributed by atoms with van der Waals surface area (Å²) >= 11 is 13.2. The molecule has 0 bridgehead atoms. The van der Waals surface area contributed by atoms with E-state index in [0.29, 0.717) is 33.1 Å². The minimum Gasteiger partial charge on any atom is -0.479 e. The number of halogens is 4. The molecule has 2 aromatic carbocycles. The van der Waals surface area contributed by atoms with E-state index in [1.165, 1.54) is 30.6 Å². The van der Waals surface area contributed by atoms with Crippen LogP contribution in [0.1, 0.15) is 31.1 Å². The first kappa shape index (κ1) is 25.3. The second-order valence-corrected chi connectivity index (χ2v) is 9.50. The van der Waals surface area contributed by atoms with Gasteiger partial charge in [0.15, 0.2) is 16.7 Å². The lowest BCUT2D eigenvalue weighted by atomic mass is 10.0. The normalized spacial score (nSPS) is 12.1. The highest BCUT2D eigenvalue weighted by Crippen LogP contribution is 2.36. The van der Waals surface area contributed by atoms with Gasteiger partial charge in [0.05, 0.1) is 11.5 Å². The van der Waals surface area contributed by atoms with E-state index < -0.39 is 16.8 Å². The van der Waals surface area contributed by atoms with Gasteiger partial charge in [-0.3, -0.25) is 14.8 Å². The molecule has 0 aliphatic heterocycles. The van der Waals surface area contributed by atoms with Crippen LogP contribution in [-0.4, -0.2) is 29.5 Å². The van der Waals surface area contributed by atoms with Gasteiger partial charge in [-0.15, -0.1) is 0 Å². The number of aryl methyl sites for hydroxylation is 1. The topological polar surface area (TPSA) is 101 Å². The van der Waals surface area contributed by atoms with E-state index in [4.69, 9.17) is 16.3 Å². The van der Waals surface area contributed by atoms with Crippen LogP contribution in [0.3, 0.4) is 0 Å². The monoisotopic (exact) mass is 626 g/mol. The van der Waals surface area contributed by atoms with Crippen LogP contribution in [0.25, 0.3) is 11.4 Å². The molecule has 35 heavy (non-hydrogen) atoms. The molecule has 0 N–H and O–H groups in total. The Kier molecular flexibility index (Phi) is 7.53. The Labute approximate surface area is 221 Å². The van der Waals surface area contributed by atoms with Crippen LogP contribution >= 0.6 is 43.5 Å². The zero-order valence-electron chi connectivity index (χ0n) is 18.5. The van der Waals surface area contributed by atoms with Gasteiger partial charge in [-0.1, -0.05) is 27.5 Å². The molecule has 0 radical (unpaired) electrons. The van der Waals surface area contributed by atoms with Crippen LogP contribution in [-0.2, 0) is 13.1 Å². The number of nitro benzene ring substituents is 1. The molecule has 2 aromatic heterocycles. The lowest BCUT2D eigenvalue weighted by Crippen LogP contribution is -2.10. The average molecular weight is 629 g/mol. The second kappa shape index (κ2) is 10.4. The number of rotatable bonds is 8. The van der Waals surface area contributed by atoms with Gasteiger partial charge in [-0.2, -0.15) is 10.2 Å². The van der Waals surface area contributed by atoms with E-state index in [0.717, 1.165) is 10.2 Å². The SMILES string of the molecule is CCn1nc(Cl)c(Cn2ncnc2-c2ccc(F)cc2C(C)Oc2cc(Br)ccc2[N+](=O)[O-])c1Br. The van der Waals surface area contributed by atoms with Crippen molar-refractivity contribution in [2.24, 2.45) is 0 Å². The standard InChI is InChI=1S/C22H18Br2ClFN6O3/c1-3-30-20(24)17(21(25)29-30)10-31-22(27-11-28-31)15-6-5-14(26)9-16(15)12(2)35-19-8-13(23)4-7-18(19)32(33)34/h4-9,11-12H,3,10H2,1-2H3. The Morgan fingerprint density at radius 2 is 2.00 bits per heavy atom. The number of hydrogen-bond donors (Lipinski definition) is 0. The third-order valence-corrected chi connectivity index (χ3v) is 6.96. The summed E-state index contributed by atoms with van der Waals surface area (Å²) in [5.74, 6) is 0.0201. The largest absolute Gasteiger partial charge is 0.479 e. The van der Waals surface area contributed by atoms with E-state index in [1.54, 1.807) is 28.4 Å². The van der Waals surface area contributed by atoms with Crippen molar-refractivity contribution in [3.05, 3.63) is 84.0 Å². The van der Waals surface area contributed by atoms with Crippen molar-refractivity contribution >= 4 is 49.1 Å². The molecule has 13 heteroatoms. The van der Waals surface area contributed by atoms with E-state index in [9.17, 15) is 14.5 Å². The minimum absolute atomic E-state index is 0.0521. The molecule has 0 aliphatic carbocycles. The molecule has 2 heterocycles. The summed E-state index contributed by atoms with van der Waals surface area (Å²) < 4.78 is 24.9. The highest BCUT2D eigenvalue weighted by Gasteiger charge is 2.24. The number of hydrogen-bond acceptors (Lipinski definition) is 6. The van der Waals surface area contributed by atoms with Crippen molar-refractivity contribution in [1.82, 2.24) is 24.5 Å². The quantitative estimate of drug-likeness (QED) is 0.162. The number of ether oxygens (including phenoxy) is 1.